The predicted octanol–water partition coefficient (Wildman–Crippen LogP) is 4.18. The lowest BCUT2D eigenvalue weighted by molar-refractivity contribution is 0.505. The van der Waals surface area contributed by atoms with E-state index in [1.165, 1.54) is 5.56 Å². The van der Waals surface area contributed by atoms with Crippen LogP contribution in [0.15, 0.2) is 24.3 Å². The number of unbranched alkanes of at least 4 members (excludes halogenated alkanes) is 2. The quantitative estimate of drug-likeness (QED) is 0.565. The molecule has 0 aliphatic carbocycles. The predicted molar refractivity (Wildman–Crippen MR) is 75.2 cm³/mol. The molecular weight excluding hydrogens is 230 g/mol. The summed E-state index contributed by atoms with van der Waals surface area (Å²) in [6.07, 6.45) is 9.40. The van der Waals surface area contributed by atoms with Crippen LogP contribution in [0.4, 0.5) is 0 Å². The second-order valence-corrected chi connectivity index (χ2v) is 4.56. The maximum Gasteiger partial charge on any atom is 0.0406 e. The highest BCUT2D eigenvalue weighted by atomic mass is 35.5. The first kappa shape index (κ1) is 14.1. The molecule has 0 fully saturated rings. The van der Waals surface area contributed by atoms with E-state index < -0.39 is 0 Å². The first-order valence-corrected chi connectivity index (χ1v) is 6.58. The lowest BCUT2D eigenvalue weighted by atomic mass is 10.0. The summed E-state index contributed by atoms with van der Waals surface area (Å²) in [5, 5.41) is 4.34. The van der Waals surface area contributed by atoms with Crippen molar-refractivity contribution in [2.24, 2.45) is 0 Å². The van der Waals surface area contributed by atoms with Crippen LogP contribution in [-0.2, 0) is 0 Å². The number of hydrogen-bond donors (Lipinski definition) is 1. The minimum absolute atomic E-state index is 0.415. The maximum absolute atomic E-state index is 5.88. The van der Waals surface area contributed by atoms with Crippen LogP contribution in [0.25, 0.3) is 0 Å². The molecule has 1 atom stereocenters. The van der Waals surface area contributed by atoms with Crippen LogP contribution in [0, 0.1) is 12.3 Å². The van der Waals surface area contributed by atoms with Crippen LogP contribution in [0.2, 0.25) is 5.02 Å². The van der Waals surface area contributed by atoms with Crippen LogP contribution in [0.1, 0.15) is 44.2 Å². The van der Waals surface area contributed by atoms with Crippen molar-refractivity contribution in [2.75, 3.05) is 6.54 Å². The maximum atomic E-state index is 5.88. The molecule has 0 aliphatic heterocycles. The summed E-state index contributed by atoms with van der Waals surface area (Å²) in [6, 6.07) is 8.48. The zero-order valence-electron chi connectivity index (χ0n) is 10.4. The molecule has 1 aromatic rings. The summed E-state index contributed by atoms with van der Waals surface area (Å²) in [4.78, 5) is 0. The second-order valence-electron chi connectivity index (χ2n) is 4.13. The van der Waals surface area contributed by atoms with Crippen molar-refractivity contribution in [1.82, 2.24) is 5.32 Å². The number of benzene rings is 1. The molecule has 0 aromatic heterocycles. The smallest absolute Gasteiger partial charge is 0.0406 e. The van der Waals surface area contributed by atoms with Gasteiger partial charge in [-0.1, -0.05) is 30.7 Å². The van der Waals surface area contributed by atoms with Gasteiger partial charge in [0.15, 0.2) is 0 Å². The van der Waals surface area contributed by atoms with E-state index in [9.17, 15) is 0 Å². The van der Waals surface area contributed by atoms with E-state index in [1.54, 1.807) is 0 Å². The molecule has 1 N–H and O–H groups in total. The largest absolute Gasteiger partial charge is 0.310 e. The monoisotopic (exact) mass is 249 g/mol. The van der Waals surface area contributed by atoms with Crippen molar-refractivity contribution in [3.8, 4) is 12.3 Å². The minimum atomic E-state index is 0.415. The van der Waals surface area contributed by atoms with Crippen molar-refractivity contribution < 1.29 is 0 Å². The molecule has 1 aromatic carbocycles. The molecule has 92 valence electrons. The highest BCUT2D eigenvalue weighted by Crippen LogP contribution is 2.19. The van der Waals surface area contributed by atoms with Crippen molar-refractivity contribution in [1.29, 1.82) is 0 Å². The van der Waals surface area contributed by atoms with Crippen LogP contribution in [0.3, 0.4) is 0 Å². The van der Waals surface area contributed by atoms with Crippen LogP contribution >= 0.6 is 11.6 Å². The SMILES string of the molecule is C#CCCCCNC(CC)c1ccc(Cl)cc1. The van der Waals surface area contributed by atoms with E-state index in [0.717, 1.165) is 37.3 Å². The van der Waals surface area contributed by atoms with Crippen LogP contribution < -0.4 is 5.32 Å². The van der Waals surface area contributed by atoms with Gasteiger partial charge in [-0.25, -0.2) is 0 Å². The van der Waals surface area contributed by atoms with Gasteiger partial charge in [0.25, 0.3) is 0 Å². The van der Waals surface area contributed by atoms with Gasteiger partial charge in [-0.05, 0) is 43.5 Å². The summed E-state index contributed by atoms with van der Waals surface area (Å²) in [5.41, 5.74) is 1.30. The summed E-state index contributed by atoms with van der Waals surface area (Å²) in [6.45, 7) is 3.20. The first-order chi connectivity index (χ1) is 8.27. The Kier molecular flexibility index (Phi) is 6.77. The summed E-state index contributed by atoms with van der Waals surface area (Å²) in [7, 11) is 0. The molecule has 2 heteroatoms. The topological polar surface area (TPSA) is 12.0 Å². The van der Waals surface area contributed by atoms with Crippen LogP contribution in [-0.4, -0.2) is 6.54 Å². The van der Waals surface area contributed by atoms with Crippen molar-refractivity contribution in [2.45, 2.75) is 38.6 Å². The minimum Gasteiger partial charge on any atom is -0.310 e. The number of terminal acetylenes is 1. The Balaban J connectivity index is 2.38. The zero-order valence-corrected chi connectivity index (χ0v) is 11.1. The summed E-state index contributed by atoms with van der Waals surface area (Å²) in [5.74, 6) is 2.67. The zero-order chi connectivity index (χ0) is 12.5. The number of halogens is 1. The van der Waals surface area contributed by atoms with Crippen molar-refractivity contribution in [3.05, 3.63) is 34.9 Å². The molecule has 1 nitrogen and oxygen atoms in total. The van der Waals surface area contributed by atoms with Gasteiger partial charge in [0.2, 0.25) is 0 Å². The third kappa shape index (κ3) is 5.26. The molecule has 0 spiro atoms. The fourth-order valence-electron chi connectivity index (χ4n) is 1.82. The van der Waals surface area contributed by atoms with E-state index in [2.05, 4.69) is 30.3 Å². The number of hydrogen-bond acceptors (Lipinski definition) is 1. The Hall–Kier alpha value is -0.970. The Labute approximate surface area is 110 Å². The third-order valence-electron chi connectivity index (χ3n) is 2.82. The van der Waals surface area contributed by atoms with E-state index in [1.807, 2.05) is 12.1 Å². The fourth-order valence-corrected chi connectivity index (χ4v) is 1.95. The van der Waals surface area contributed by atoms with Gasteiger partial charge < -0.3 is 5.32 Å². The fraction of sp³-hybridized carbons (Fsp3) is 0.467. The highest BCUT2D eigenvalue weighted by molar-refractivity contribution is 6.30. The molecule has 0 aliphatic rings. The van der Waals surface area contributed by atoms with Gasteiger partial charge in [-0.3, -0.25) is 0 Å². The van der Waals surface area contributed by atoms with E-state index in [4.69, 9.17) is 18.0 Å². The van der Waals surface area contributed by atoms with E-state index in [0.29, 0.717) is 6.04 Å². The Morgan fingerprint density at radius 1 is 1.29 bits per heavy atom. The van der Waals surface area contributed by atoms with E-state index >= 15 is 0 Å². The van der Waals surface area contributed by atoms with Gasteiger partial charge in [-0.15, -0.1) is 12.3 Å². The van der Waals surface area contributed by atoms with Gasteiger partial charge >= 0.3 is 0 Å². The first-order valence-electron chi connectivity index (χ1n) is 6.20. The molecule has 0 saturated heterocycles. The molecule has 0 heterocycles. The summed E-state index contributed by atoms with van der Waals surface area (Å²) >= 11 is 5.88. The molecule has 0 saturated carbocycles. The van der Waals surface area contributed by atoms with Crippen molar-refractivity contribution >= 4 is 11.6 Å². The van der Waals surface area contributed by atoms with E-state index in [-0.39, 0.29) is 0 Å². The average molecular weight is 250 g/mol. The average Bonchev–Trinajstić information content (AvgIpc) is 2.35. The Morgan fingerprint density at radius 2 is 2.00 bits per heavy atom. The summed E-state index contributed by atoms with van der Waals surface area (Å²) < 4.78 is 0. The lowest BCUT2D eigenvalue weighted by Crippen LogP contribution is -2.21. The highest BCUT2D eigenvalue weighted by Gasteiger charge is 2.07. The Bertz CT molecular complexity index is 350. The molecule has 0 radical (unpaired) electrons. The van der Waals surface area contributed by atoms with Gasteiger partial charge in [0.05, 0.1) is 0 Å². The molecule has 0 bridgehead atoms. The van der Waals surface area contributed by atoms with Crippen LogP contribution in [0.5, 0.6) is 0 Å². The standard InChI is InChI=1S/C15H20ClN/c1-3-5-6-7-12-17-15(4-2)13-8-10-14(16)11-9-13/h1,8-11,15,17H,4-7,12H2,2H3. The lowest BCUT2D eigenvalue weighted by Gasteiger charge is -2.17. The van der Waals surface area contributed by atoms with Gasteiger partial charge in [-0.2, -0.15) is 0 Å². The van der Waals surface area contributed by atoms with Gasteiger partial charge in [0.1, 0.15) is 0 Å². The second kappa shape index (κ2) is 8.17. The number of rotatable bonds is 7. The number of nitrogens with one attached hydrogen (secondary N) is 1. The molecule has 17 heavy (non-hydrogen) atoms. The molecular formula is C15H20ClN. The molecule has 1 rings (SSSR count). The third-order valence-corrected chi connectivity index (χ3v) is 3.07. The molecule has 1 unspecified atom stereocenters. The normalized spacial score (nSPS) is 12.1. The van der Waals surface area contributed by atoms with Gasteiger partial charge in [0, 0.05) is 17.5 Å². The Morgan fingerprint density at radius 3 is 2.59 bits per heavy atom. The van der Waals surface area contributed by atoms with Crippen molar-refractivity contribution in [3.63, 3.8) is 0 Å². The molecule has 0 amide bonds.